The quantitative estimate of drug-likeness (QED) is 0.850. The van der Waals surface area contributed by atoms with E-state index in [1.807, 2.05) is 17.6 Å². The molecule has 2 aliphatic rings. The highest BCUT2D eigenvalue weighted by molar-refractivity contribution is 7.20. The first-order valence-corrected chi connectivity index (χ1v) is 8.82. The largest absolute Gasteiger partial charge is 0.342 e. The van der Waals surface area contributed by atoms with E-state index in [2.05, 4.69) is 14.8 Å². The van der Waals surface area contributed by atoms with E-state index >= 15 is 0 Å². The van der Waals surface area contributed by atoms with Gasteiger partial charge in [0.15, 0.2) is 0 Å². The first kappa shape index (κ1) is 14.0. The molecule has 0 spiro atoms. The predicted molar refractivity (Wildman–Crippen MR) is 86.4 cm³/mol. The monoisotopic (exact) mass is 319 g/mol. The summed E-state index contributed by atoms with van der Waals surface area (Å²) in [6.07, 6.45) is 6.53. The van der Waals surface area contributed by atoms with Gasteiger partial charge in [0.05, 0.1) is 24.0 Å². The highest BCUT2D eigenvalue weighted by Gasteiger charge is 2.39. The lowest BCUT2D eigenvalue weighted by Crippen LogP contribution is -2.47. The highest BCUT2D eigenvalue weighted by atomic mass is 32.1. The summed E-state index contributed by atoms with van der Waals surface area (Å²) in [5.41, 5.74) is 1.00. The zero-order chi connectivity index (χ0) is 15.3. The van der Waals surface area contributed by atoms with Gasteiger partial charge in [-0.05, 0) is 32.6 Å². The molecule has 0 aliphatic carbocycles. The average Bonchev–Trinajstić information content (AvgIpc) is 3.19. The van der Waals surface area contributed by atoms with Gasteiger partial charge in [-0.25, -0.2) is 9.50 Å². The molecule has 118 valence electrons. The molecule has 6 nitrogen and oxygen atoms in total. The minimum Gasteiger partial charge on any atom is -0.342 e. The summed E-state index contributed by atoms with van der Waals surface area (Å²) in [4.78, 5) is 21.8. The van der Waals surface area contributed by atoms with Gasteiger partial charge < -0.3 is 9.80 Å². The van der Waals surface area contributed by atoms with Crippen molar-refractivity contribution in [3.8, 4) is 0 Å². The van der Waals surface area contributed by atoms with Gasteiger partial charge in [0.25, 0.3) is 0 Å². The lowest BCUT2D eigenvalue weighted by atomic mass is 10.0. The number of imidazole rings is 1. The van der Waals surface area contributed by atoms with Crippen molar-refractivity contribution in [1.82, 2.24) is 19.5 Å². The summed E-state index contributed by atoms with van der Waals surface area (Å²) >= 11 is 1.65. The van der Waals surface area contributed by atoms with E-state index in [1.54, 1.807) is 18.3 Å². The van der Waals surface area contributed by atoms with E-state index in [0.29, 0.717) is 12.1 Å². The third kappa shape index (κ3) is 2.18. The predicted octanol–water partition coefficient (Wildman–Crippen LogP) is 2.08. The maximum atomic E-state index is 11.9. The lowest BCUT2D eigenvalue weighted by Gasteiger charge is -2.34. The van der Waals surface area contributed by atoms with Gasteiger partial charge in [0.1, 0.15) is 0 Å². The molecule has 2 fully saturated rings. The molecule has 7 heteroatoms. The molecule has 2 saturated heterocycles. The highest BCUT2D eigenvalue weighted by Crippen LogP contribution is 2.35. The number of hydrogen-bond acceptors (Lipinski definition) is 5. The standard InChI is InChI=1S/C15H21N5OS/c1-10-9-20-14(16-10)22-15(17-20)19-8-4-6-13(19)12-5-3-7-18(12)11(2)21/h9,12-13H,3-8H2,1-2H3/t12-,13+/m0/s1. The van der Waals surface area contributed by atoms with Gasteiger partial charge >= 0.3 is 0 Å². The fraction of sp³-hybridized carbons (Fsp3) is 0.667. The average molecular weight is 319 g/mol. The third-order valence-corrected chi connectivity index (χ3v) is 5.81. The number of likely N-dealkylation sites (tertiary alicyclic amines) is 1. The second-order valence-corrected chi connectivity index (χ2v) is 7.25. The molecule has 0 radical (unpaired) electrons. The maximum absolute atomic E-state index is 11.9. The summed E-state index contributed by atoms with van der Waals surface area (Å²) in [6, 6.07) is 0.751. The zero-order valence-corrected chi connectivity index (χ0v) is 13.8. The molecule has 2 aromatic heterocycles. The number of anilines is 1. The van der Waals surface area contributed by atoms with Crippen LogP contribution >= 0.6 is 11.3 Å². The van der Waals surface area contributed by atoms with E-state index in [4.69, 9.17) is 5.10 Å². The Morgan fingerprint density at radius 2 is 2.05 bits per heavy atom. The number of carbonyl (C=O) groups excluding carboxylic acids is 1. The van der Waals surface area contributed by atoms with Crippen LogP contribution in [0.3, 0.4) is 0 Å². The Morgan fingerprint density at radius 1 is 1.27 bits per heavy atom. The van der Waals surface area contributed by atoms with Gasteiger partial charge in [-0.2, -0.15) is 0 Å². The number of rotatable bonds is 2. The molecule has 0 N–H and O–H groups in total. The van der Waals surface area contributed by atoms with Crippen LogP contribution in [-0.4, -0.2) is 50.6 Å². The Hall–Kier alpha value is -1.63. The van der Waals surface area contributed by atoms with Crippen molar-refractivity contribution in [2.75, 3.05) is 18.0 Å². The van der Waals surface area contributed by atoms with Crippen molar-refractivity contribution in [1.29, 1.82) is 0 Å². The minimum atomic E-state index is 0.207. The number of aryl methyl sites for hydroxylation is 1. The first-order valence-electron chi connectivity index (χ1n) is 8.00. The summed E-state index contributed by atoms with van der Waals surface area (Å²) in [6.45, 7) is 5.62. The molecule has 0 aromatic carbocycles. The molecule has 4 heterocycles. The Balaban J connectivity index is 1.62. The number of carbonyl (C=O) groups is 1. The topological polar surface area (TPSA) is 53.7 Å². The van der Waals surface area contributed by atoms with Crippen LogP contribution in [0.2, 0.25) is 0 Å². The van der Waals surface area contributed by atoms with E-state index in [-0.39, 0.29) is 5.91 Å². The molecule has 2 aromatic rings. The number of hydrogen-bond donors (Lipinski definition) is 0. The van der Waals surface area contributed by atoms with Crippen molar-refractivity contribution >= 4 is 27.3 Å². The van der Waals surface area contributed by atoms with Crippen LogP contribution in [0.1, 0.15) is 38.3 Å². The normalized spacial score (nSPS) is 25.5. The van der Waals surface area contributed by atoms with E-state index in [9.17, 15) is 4.79 Å². The van der Waals surface area contributed by atoms with Gasteiger partial charge in [-0.1, -0.05) is 11.3 Å². The lowest BCUT2D eigenvalue weighted by molar-refractivity contribution is -0.129. The zero-order valence-electron chi connectivity index (χ0n) is 13.0. The molecule has 2 atom stereocenters. The molecule has 4 rings (SSSR count). The molecule has 0 unspecified atom stereocenters. The Morgan fingerprint density at radius 3 is 2.82 bits per heavy atom. The Bertz CT molecular complexity index is 676. The SMILES string of the molecule is CC(=O)N1CCC[C@H]1[C@H]1CCCN1c1nn2cc(C)nc2s1. The molecular formula is C15H21N5OS. The van der Waals surface area contributed by atoms with E-state index in [0.717, 1.165) is 48.1 Å². The van der Waals surface area contributed by atoms with Crippen LogP contribution in [-0.2, 0) is 4.79 Å². The summed E-state index contributed by atoms with van der Waals surface area (Å²) in [5.74, 6) is 0.207. The number of amides is 1. The number of fused-ring (bicyclic) bond motifs is 1. The second kappa shape index (κ2) is 5.22. The number of aromatic nitrogens is 3. The van der Waals surface area contributed by atoms with Crippen LogP contribution < -0.4 is 4.90 Å². The second-order valence-electron chi connectivity index (χ2n) is 6.32. The third-order valence-electron chi connectivity index (χ3n) is 4.85. The van der Waals surface area contributed by atoms with Crippen LogP contribution in [0, 0.1) is 6.92 Å². The van der Waals surface area contributed by atoms with Crippen molar-refractivity contribution in [3.05, 3.63) is 11.9 Å². The van der Waals surface area contributed by atoms with Crippen molar-refractivity contribution < 1.29 is 4.79 Å². The fourth-order valence-electron chi connectivity index (χ4n) is 3.93. The number of nitrogens with zero attached hydrogens (tertiary/aromatic N) is 5. The molecule has 22 heavy (non-hydrogen) atoms. The summed E-state index contributed by atoms with van der Waals surface area (Å²) in [5, 5.41) is 5.74. The van der Waals surface area contributed by atoms with Gasteiger partial charge in [-0.15, -0.1) is 5.10 Å². The molecule has 0 saturated carbocycles. The molecular weight excluding hydrogens is 298 g/mol. The minimum absolute atomic E-state index is 0.207. The van der Waals surface area contributed by atoms with Gasteiger partial charge in [-0.3, -0.25) is 4.79 Å². The maximum Gasteiger partial charge on any atom is 0.219 e. The fourth-order valence-corrected chi connectivity index (χ4v) is 4.94. The van der Waals surface area contributed by atoms with Crippen molar-refractivity contribution in [2.24, 2.45) is 0 Å². The Labute approximate surface area is 133 Å². The van der Waals surface area contributed by atoms with E-state index < -0.39 is 0 Å². The smallest absolute Gasteiger partial charge is 0.219 e. The summed E-state index contributed by atoms with van der Waals surface area (Å²) in [7, 11) is 0. The molecule has 0 bridgehead atoms. The van der Waals surface area contributed by atoms with Crippen LogP contribution in [0.5, 0.6) is 0 Å². The van der Waals surface area contributed by atoms with Crippen LogP contribution in [0.15, 0.2) is 6.20 Å². The van der Waals surface area contributed by atoms with Crippen LogP contribution in [0.25, 0.3) is 4.96 Å². The summed E-state index contributed by atoms with van der Waals surface area (Å²) < 4.78 is 1.88. The van der Waals surface area contributed by atoms with Gasteiger partial charge in [0, 0.05) is 20.0 Å². The van der Waals surface area contributed by atoms with E-state index in [1.165, 1.54) is 6.42 Å². The molecule has 2 aliphatic heterocycles. The molecule has 1 amide bonds. The van der Waals surface area contributed by atoms with Gasteiger partial charge in [0.2, 0.25) is 16.0 Å². The Kier molecular flexibility index (Phi) is 3.32. The van der Waals surface area contributed by atoms with Crippen molar-refractivity contribution in [2.45, 2.75) is 51.6 Å². The first-order chi connectivity index (χ1) is 10.6. The van der Waals surface area contributed by atoms with Crippen LogP contribution in [0.4, 0.5) is 5.13 Å². The van der Waals surface area contributed by atoms with Crippen molar-refractivity contribution in [3.63, 3.8) is 0 Å².